The molecule has 0 aliphatic heterocycles. The quantitative estimate of drug-likeness (QED) is 0.763. The van der Waals surface area contributed by atoms with Crippen LogP contribution in [0.2, 0.25) is 0 Å². The number of aliphatic carboxylic acids is 1. The zero-order valence-corrected chi connectivity index (χ0v) is 9.73. The van der Waals surface area contributed by atoms with Crippen molar-refractivity contribution in [2.24, 2.45) is 17.8 Å². The lowest BCUT2D eigenvalue weighted by Gasteiger charge is -2.28. The van der Waals surface area contributed by atoms with E-state index < -0.39 is 11.9 Å². The molecule has 1 N–H and O–H groups in total. The van der Waals surface area contributed by atoms with Crippen molar-refractivity contribution in [3.8, 4) is 0 Å². The molecule has 0 spiro atoms. The fourth-order valence-electron chi connectivity index (χ4n) is 1.65. The van der Waals surface area contributed by atoms with Gasteiger partial charge in [0.05, 0.1) is 11.8 Å². The van der Waals surface area contributed by atoms with Gasteiger partial charge in [-0.3, -0.25) is 9.59 Å². The molecular formula is C11H19NO3. The normalized spacial score (nSPS) is 26.2. The second-order valence-corrected chi connectivity index (χ2v) is 4.72. The Hall–Kier alpha value is -1.06. The highest BCUT2D eigenvalue weighted by atomic mass is 16.4. The largest absolute Gasteiger partial charge is 0.481 e. The van der Waals surface area contributed by atoms with Crippen LogP contribution >= 0.6 is 0 Å². The number of carbonyl (C=O) groups excluding carboxylic acids is 1. The highest BCUT2D eigenvalue weighted by molar-refractivity contribution is 5.89. The van der Waals surface area contributed by atoms with Crippen LogP contribution in [-0.4, -0.2) is 35.0 Å². The third kappa shape index (κ3) is 2.49. The van der Waals surface area contributed by atoms with Crippen molar-refractivity contribution in [3.63, 3.8) is 0 Å². The number of nitrogens with zero attached hydrogens (tertiary/aromatic N) is 1. The molecule has 3 unspecified atom stereocenters. The molecular weight excluding hydrogens is 194 g/mol. The van der Waals surface area contributed by atoms with Crippen molar-refractivity contribution < 1.29 is 14.7 Å². The maximum absolute atomic E-state index is 11.8. The van der Waals surface area contributed by atoms with Gasteiger partial charge in [0.15, 0.2) is 0 Å². The minimum Gasteiger partial charge on any atom is -0.481 e. The molecule has 1 rings (SSSR count). The summed E-state index contributed by atoms with van der Waals surface area (Å²) in [5.74, 6) is -1.21. The van der Waals surface area contributed by atoms with Crippen LogP contribution in [0.25, 0.3) is 0 Å². The Kier molecular flexibility index (Phi) is 3.37. The van der Waals surface area contributed by atoms with Crippen LogP contribution in [0.15, 0.2) is 0 Å². The molecule has 0 aromatic rings. The number of rotatable bonds is 4. The third-order valence-electron chi connectivity index (χ3n) is 3.35. The van der Waals surface area contributed by atoms with E-state index in [1.165, 1.54) is 0 Å². The van der Waals surface area contributed by atoms with E-state index in [2.05, 4.69) is 13.8 Å². The van der Waals surface area contributed by atoms with Gasteiger partial charge in [-0.25, -0.2) is 0 Å². The van der Waals surface area contributed by atoms with Crippen LogP contribution in [0.3, 0.4) is 0 Å². The standard InChI is InChI=1S/C11H19NO3/c1-6(2)7(3)12(4)10(13)8-5-9(8)11(14)15/h6-9H,5H2,1-4H3,(H,14,15). The molecule has 4 heteroatoms. The average Bonchev–Trinajstić information content (AvgIpc) is 2.93. The van der Waals surface area contributed by atoms with E-state index in [-0.39, 0.29) is 17.9 Å². The lowest BCUT2D eigenvalue weighted by Crippen LogP contribution is -2.39. The van der Waals surface area contributed by atoms with E-state index in [1.807, 2.05) is 6.92 Å². The first-order valence-corrected chi connectivity index (χ1v) is 5.35. The highest BCUT2D eigenvalue weighted by Crippen LogP contribution is 2.40. The second-order valence-electron chi connectivity index (χ2n) is 4.72. The monoisotopic (exact) mass is 213 g/mol. The van der Waals surface area contributed by atoms with Gasteiger partial charge in [-0.1, -0.05) is 13.8 Å². The van der Waals surface area contributed by atoms with Crippen molar-refractivity contribution in [3.05, 3.63) is 0 Å². The SMILES string of the molecule is CC(C)C(C)N(C)C(=O)C1CC1C(=O)O. The molecule has 1 amide bonds. The van der Waals surface area contributed by atoms with Gasteiger partial charge in [0.25, 0.3) is 0 Å². The highest BCUT2D eigenvalue weighted by Gasteiger charge is 2.49. The molecule has 15 heavy (non-hydrogen) atoms. The summed E-state index contributed by atoms with van der Waals surface area (Å²) in [6, 6.07) is 0.160. The van der Waals surface area contributed by atoms with Crippen molar-refractivity contribution in [1.29, 1.82) is 0 Å². The van der Waals surface area contributed by atoms with Crippen LogP contribution in [-0.2, 0) is 9.59 Å². The van der Waals surface area contributed by atoms with Crippen molar-refractivity contribution >= 4 is 11.9 Å². The molecule has 1 saturated carbocycles. The van der Waals surface area contributed by atoms with Crippen LogP contribution in [0.1, 0.15) is 27.2 Å². The van der Waals surface area contributed by atoms with Crippen LogP contribution in [0.5, 0.6) is 0 Å². The molecule has 0 radical (unpaired) electrons. The predicted octanol–water partition coefficient (Wildman–Crippen LogP) is 1.21. The minimum atomic E-state index is -0.848. The summed E-state index contributed by atoms with van der Waals surface area (Å²) < 4.78 is 0. The molecule has 86 valence electrons. The van der Waals surface area contributed by atoms with Gasteiger partial charge >= 0.3 is 5.97 Å². The van der Waals surface area contributed by atoms with E-state index in [1.54, 1.807) is 11.9 Å². The van der Waals surface area contributed by atoms with Gasteiger partial charge in [-0.2, -0.15) is 0 Å². The Morgan fingerprint density at radius 1 is 1.27 bits per heavy atom. The molecule has 1 aliphatic carbocycles. The van der Waals surface area contributed by atoms with Gasteiger partial charge in [-0.15, -0.1) is 0 Å². The first kappa shape index (κ1) is 12.0. The fourth-order valence-corrected chi connectivity index (χ4v) is 1.65. The minimum absolute atomic E-state index is 0.0244. The molecule has 1 fully saturated rings. The van der Waals surface area contributed by atoms with Crippen molar-refractivity contribution in [1.82, 2.24) is 4.90 Å². The summed E-state index contributed by atoms with van der Waals surface area (Å²) in [7, 11) is 1.75. The average molecular weight is 213 g/mol. The molecule has 3 atom stereocenters. The number of amides is 1. The van der Waals surface area contributed by atoms with Gasteiger partial charge in [-0.05, 0) is 19.3 Å². The molecule has 4 nitrogen and oxygen atoms in total. The van der Waals surface area contributed by atoms with E-state index >= 15 is 0 Å². The maximum Gasteiger partial charge on any atom is 0.307 e. The summed E-state index contributed by atoms with van der Waals surface area (Å²) in [6.07, 6.45) is 0.503. The van der Waals surface area contributed by atoms with Gasteiger partial charge in [0, 0.05) is 13.1 Å². The maximum atomic E-state index is 11.8. The lowest BCUT2D eigenvalue weighted by atomic mass is 10.0. The molecule has 1 aliphatic rings. The summed E-state index contributed by atoms with van der Waals surface area (Å²) >= 11 is 0. The Balaban J connectivity index is 2.52. The Morgan fingerprint density at radius 3 is 2.13 bits per heavy atom. The van der Waals surface area contributed by atoms with Crippen LogP contribution < -0.4 is 0 Å². The second kappa shape index (κ2) is 4.21. The van der Waals surface area contributed by atoms with Crippen molar-refractivity contribution in [2.45, 2.75) is 33.2 Å². The Morgan fingerprint density at radius 2 is 1.80 bits per heavy atom. The molecule has 0 saturated heterocycles. The lowest BCUT2D eigenvalue weighted by molar-refractivity contribution is -0.142. The zero-order valence-electron chi connectivity index (χ0n) is 9.73. The topological polar surface area (TPSA) is 57.6 Å². The first-order valence-electron chi connectivity index (χ1n) is 5.35. The summed E-state index contributed by atoms with van der Waals surface area (Å²) in [5, 5.41) is 8.73. The van der Waals surface area contributed by atoms with E-state index in [9.17, 15) is 9.59 Å². The number of carboxylic acid groups (broad SMARTS) is 1. The first-order chi connectivity index (χ1) is 6.86. The Labute approximate surface area is 90.3 Å². The number of carboxylic acids is 1. The summed E-state index contributed by atoms with van der Waals surface area (Å²) in [6.45, 7) is 6.09. The smallest absolute Gasteiger partial charge is 0.307 e. The molecule has 0 heterocycles. The number of carbonyl (C=O) groups is 2. The number of hydrogen-bond acceptors (Lipinski definition) is 2. The molecule has 0 aromatic carbocycles. The van der Waals surface area contributed by atoms with E-state index in [0.717, 1.165) is 0 Å². The third-order valence-corrected chi connectivity index (χ3v) is 3.35. The fraction of sp³-hybridized carbons (Fsp3) is 0.818. The van der Waals surface area contributed by atoms with Crippen LogP contribution in [0.4, 0.5) is 0 Å². The van der Waals surface area contributed by atoms with Crippen molar-refractivity contribution in [2.75, 3.05) is 7.05 Å². The summed E-state index contributed by atoms with van der Waals surface area (Å²) in [4.78, 5) is 24.1. The summed E-state index contributed by atoms with van der Waals surface area (Å²) in [5.41, 5.74) is 0. The molecule has 0 bridgehead atoms. The van der Waals surface area contributed by atoms with Crippen LogP contribution in [0, 0.1) is 17.8 Å². The van der Waals surface area contributed by atoms with Gasteiger partial charge < -0.3 is 10.0 Å². The Bertz CT molecular complexity index is 275. The molecule has 0 aromatic heterocycles. The van der Waals surface area contributed by atoms with Gasteiger partial charge in [0.2, 0.25) is 5.91 Å². The van der Waals surface area contributed by atoms with E-state index in [0.29, 0.717) is 12.3 Å². The predicted molar refractivity (Wildman–Crippen MR) is 56.3 cm³/mol. The zero-order chi connectivity index (χ0) is 11.7. The van der Waals surface area contributed by atoms with Gasteiger partial charge in [0.1, 0.15) is 0 Å². The number of hydrogen-bond donors (Lipinski definition) is 1. The van der Waals surface area contributed by atoms with E-state index in [4.69, 9.17) is 5.11 Å².